The molecule has 1 aromatic carbocycles. The van der Waals surface area contributed by atoms with E-state index in [1.54, 1.807) is 11.1 Å². The lowest BCUT2D eigenvalue weighted by atomic mass is 9.80. The normalized spacial score (nSPS) is 40.4. The van der Waals surface area contributed by atoms with Crippen LogP contribution in [0.15, 0.2) is 24.3 Å². The molecule has 1 heteroatoms. The third-order valence-electron chi connectivity index (χ3n) is 5.94. The Morgan fingerprint density at radius 1 is 0.947 bits per heavy atom. The van der Waals surface area contributed by atoms with Gasteiger partial charge in [-0.25, -0.2) is 0 Å². The van der Waals surface area contributed by atoms with Crippen molar-refractivity contribution < 1.29 is 0 Å². The van der Waals surface area contributed by atoms with Crippen LogP contribution in [0.2, 0.25) is 0 Å². The van der Waals surface area contributed by atoms with Crippen LogP contribution >= 0.6 is 0 Å². The molecule has 2 saturated carbocycles. The molecule has 0 amide bonds. The summed E-state index contributed by atoms with van der Waals surface area (Å²) in [5.74, 6) is 2.77. The minimum atomic E-state index is 0.622. The molecule has 102 valence electrons. The standard InChI is InChI=1S/C18H25N/c1-12-6-9-17(16-5-3-2-4-15(12)16)19-18-11-13-7-8-14(18)10-13/h2-5,12-14,17-19H,6-11H2,1H3. The van der Waals surface area contributed by atoms with Crippen molar-refractivity contribution in [2.24, 2.45) is 11.8 Å². The molecule has 3 aliphatic carbocycles. The van der Waals surface area contributed by atoms with Gasteiger partial charge >= 0.3 is 0 Å². The highest BCUT2D eigenvalue weighted by atomic mass is 15.0. The maximum atomic E-state index is 4.03. The molecular formula is C18H25N. The van der Waals surface area contributed by atoms with Crippen molar-refractivity contribution in [2.45, 2.75) is 63.5 Å². The largest absolute Gasteiger partial charge is 0.307 e. The first-order valence-electron chi connectivity index (χ1n) is 8.16. The van der Waals surface area contributed by atoms with Gasteiger partial charge in [-0.2, -0.15) is 0 Å². The molecule has 0 radical (unpaired) electrons. The van der Waals surface area contributed by atoms with E-state index in [0.29, 0.717) is 6.04 Å². The molecule has 1 nitrogen and oxygen atoms in total. The van der Waals surface area contributed by atoms with Gasteiger partial charge in [0.05, 0.1) is 0 Å². The second kappa shape index (κ2) is 4.63. The molecule has 3 aliphatic rings. The molecule has 1 N–H and O–H groups in total. The van der Waals surface area contributed by atoms with E-state index in [4.69, 9.17) is 0 Å². The van der Waals surface area contributed by atoms with Gasteiger partial charge in [0.15, 0.2) is 0 Å². The SMILES string of the molecule is CC1CCC(NC2CC3CCC2C3)c2ccccc21. The Morgan fingerprint density at radius 3 is 2.53 bits per heavy atom. The molecule has 0 saturated heterocycles. The fraction of sp³-hybridized carbons (Fsp3) is 0.667. The van der Waals surface area contributed by atoms with Crippen molar-refractivity contribution in [3.8, 4) is 0 Å². The number of rotatable bonds is 2. The van der Waals surface area contributed by atoms with E-state index in [2.05, 4.69) is 36.5 Å². The van der Waals surface area contributed by atoms with Crippen molar-refractivity contribution in [1.29, 1.82) is 0 Å². The summed E-state index contributed by atoms with van der Waals surface area (Å²) >= 11 is 0. The van der Waals surface area contributed by atoms with Crippen LogP contribution < -0.4 is 5.32 Å². The van der Waals surface area contributed by atoms with Crippen molar-refractivity contribution in [2.75, 3.05) is 0 Å². The minimum absolute atomic E-state index is 0.622. The Balaban J connectivity index is 1.55. The van der Waals surface area contributed by atoms with Crippen LogP contribution in [0.1, 0.15) is 68.5 Å². The van der Waals surface area contributed by atoms with E-state index in [0.717, 1.165) is 23.8 Å². The summed E-state index contributed by atoms with van der Waals surface area (Å²) in [6, 6.07) is 10.5. The molecule has 19 heavy (non-hydrogen) atoms. The Labute approximate surface area is 116 Å². The molecule has 1 aromatic rings. The highest BCUT2D eigenvalue weighted by Gasteiger charge is 2.40. The van der Waals surface area contributed by atoms with Gasteiger partial charge in [0.25, 0.3) is 0 Å². The Hall–Kier alpha value is -0.820. The van der Waals surface area contributed by atoms with Gasteiger partial charge < -0.3 is 5.32 Å². The van der Waals surface area contributed by atoms with Crippen LogP contribution in [0.4, 0.5) is 0 Å². The third kappa shape index (κ3) is 2.03. The molecule has 0 aromatic heterocycles. The van der Waals surface area contributed by atoms with Crippen LogP contribution in [0.25, 0.3) is 0 Å². The van der Waals surface area contributed by atoms with E-state index in [1.165, 1.54) is 38.5 Å². The smallest absolute Gasteiger partial charge is 0.0325 e. The fourth-order valence-corrected chi connectivity index (χ4v) is 4.89. The average molecular weight is 255 g/mol. The molecule has 2 bridgehead atoms. The number of benzene rings is 1. The van der Waals surface area contributed by atoms with Crippen molar-refractivity contribution in [3.05, 3.63) is 35.4 Å². The molecule has 2 fully saturated rings. The number of fused-ring (bicyclic) bond motifs is 3. The number of nitrogens with one attached hydrogen (secondary N) is 1. The van der Waals surface area contributed by atoms with Crippen molar-refractivity contribution in [3.63, 3.8) is 0 Å². The summed E-state index contributed by atoms with van der Waals surface area (Å²) in [6.45, 7) is 2.38. The number of hydrogen-bond acceptors (Lipinski definition) is 1. The highest BCUT2D eigenvalue weighted by Crippen LogP contribution is 2.46. The van der Waals surface area contributed by atoms with E-state index in [9.17, 15) is 0 Å². The van der Waals surface area contributed by atoms with Crippen LogP contribution in [0.3, 0.4) is 0 Å². The Morgan fingerprint density at radius 2 is 1.79 bits per heavy atom. The zero-order chi connectivity index (χ0) is 12.8. The van der Waals surface area contributed by atoms with Gasteiger partial charge in [0.2, 0.25) is 0 Å². The van der Waals surface area contributed by atoms with Crippen LogP contribution in [0, 0.1) is 11.8 Å². The molecule has 0 spiro atoms. The monoisotopic (exact) mass is 255 g/mol. The lowest BCUT2D eigenvalue weighted by molar-refractivity contribution is 0.299. The molecule has 5 unspecified atom stereocenters. The fourth-order valence-electron chi connectivity index (χ4n) is 4.89. The predicted octanol–water partition coefficient (Wildman–Crippen LogP) is 4.40. The lowest BCUT2D eigenvalue weighted by Crippen LogP contribution is -2.38. The summed E-state index contributed by atoms with van der Waals surface area (Å²) in [7, 11) is 0. The zero-order valence-electron chi connectivity index (χ0n) is 11.9. The van der Waals surface area contributed by atoms with Crippen LogP contribution in [-0.4, -0.2) is 6.04 Å². The second-order valence-corrected chi connectivity index (χ2v) is 7.11. The van der Waals surface area contributed by atoms with E-state index >= 15 is 0 Å². The Kier molecular flexibility index (Phi) is 2.91. The maximum absolute atomic E-state index is 4.03. The van der Waals surface area contributed by atoms with Gasteiger partial charge in [0.1, 0.15) is 0 Å². The second-order valence-electron chi connectivity index (χ2n) is 7.11. The quantitative estimate of drug-likeness (QED) is 0.825. The first-order valence-corrected chi connectivity index (χ1v) is 8.16. The van der Waals surface area contributed by atoms with Gasteiger partial charge in [-0.1, -0.05) is 37.6 Å². The molecular weight excluding hydrogens is 230 g/mol. The molecule has 5 atom stereocenters. The van der Waals surface area contributed by atoms with Gasteiger partial charge in [0, 0.05) is 12.1 Å². The van der Waals surface area contributed by atoms with Crippen molar-refractivity contribution in [1.82, 2.24) is 5.32 Å². The lowest BCUT2D eigenvalue weighted by Gasteiger charge is -2.34. The minimum Gasteiger partial charge on any atom is -0.307 e. The molecule has 0 aliphatic heterocycles. The predicted molar refractivity (Wildman–Crippen MR) is 79.2 cm³/mol. The number of hydrogen-bond donors (Lipinski definition) is 1. The van der Waals surface area contributed by atoms with Gasteiger partial charge in [-0.05, 0) is 61.0 Å². The van der Waals surface area contributed by atoms with Gasteiger partial charge in [-0.3, -0.25) is 0 Å². The molecule has 0 heterocycles. The van der Waals surface area contributed by atoms with Gasteiger partial charge in [-0.15, -0.1) is 0 Å². The highest BCUT2D eigenvalue weighted by molar-refractivity contribution is 5.35. The summed E-state index contributed by atoms with van der Waals surface area (Å²) in [5.41, 5.74) is 3.18. The van der Waals surface area contributed by atoms with E-state index in [1.807, 2.05) is 0 Å². The van der Waals surface area contributed by atoms with Crippen molar-refractivity contribution >= 4 is 0 Å². The average Bonchev–Trinajstić information content (AvgIpc) is 3.05. The summed E-state index contributed by atoms with van der Waals surface area (Å²) in [6.07, 6.45) is 8.59. The summed E-state index contributed by atoms with van der Waals surface area (Å²) in [4.78, 5) is 0. The first-order chi connectivity index (χ1) is 9.31. The Bertz CT molecular complexity index is 467. The molecule has 4 rings (SSSR count). The summed E-state index contributed by atoms with van der Waals surface area (Å²) < 4.78 is 0. The summed E-state index contributed by atoms with van der Waals surface area (Å²) in [5, 5.41) is 4.03. The topological polar surface area (TPSA) is 12.0 Å². The van der Waals surface area contributed by atoms with E-state index < -0.39 is 0 Å². The zero-order valence-corrected chi connectivity index (χ0v) is 11.9. The van der Waals surface area contributed by atoms with E-state index in [-0.39, 0.29) is 0 Å². The maximum Gasteiger partial charge on any atom is 0.0325 e. The first kappa shape index (κ1) is 12.0. The van der Waals surface area contributed by atoms with Crippen LogP contribution in [-0.2, 0) is 0 Å². The third-order valence-corrected chi connectivity index (χ3v) is 5.94. The van der Waals surface area contributed by atoms with Crippen LogP contribution in [0.5, 0.6) is 0 Å².